The summed E-state index contributed by atoms with van der Waals surface area (Å²) in [6.45, 7) is 7.48. The molecular weight excluding hydrogens is 270 g/mol. The highest BCUT2D eigenvalue weighted by Gasteiger charge is 2.29. The summed E-state index contributed by atoms with van der Waals surface area (Å²) in [7, 11) is 1.71. The van der Waals surface area contributed by atoms with E-state index in [-0.39, 0.29) is 17.2 Å². The predicted octanol–water partition coefficient (Wildman–Crippen LogP) is 2.79. The van der Waals surface area contributed by atoms with Gasteiger partial charge in [0.1, 0.15) is 12.2 Å². The van der Waals surface area contributed by atoms with Crippen molar-refractivity contribution >= 4 is 11.7 Å². The number of carboxylic acids is 1. The van der Waals surface area contributed by atoms with Gasteiger partial charge in [-0.15, -0.1) is 0 Å². The Balaban J connectivity index is 2.30. The topological polar surface area (TPSA) is 59.0 Å². The Labute approximate surface area is 125 Å². The van der Waals surface area contributed by atoms with Gasteiger partial charge in [-0.25, -0.2) is 4.79 Å². The Morgan fingerprint density at radius 1 is 1.52 bits per heavy atom. The number of hydrogen-bond acceptors (Lipinski definition) is 4. The average Bonchev–Trinajstić information content (AvgIpc) is 2.45. The van der Waals surface area contributed by atoms with Gasteiger partial charge in [-0.05, 0) is 39.3 Å². The third-order valence-electron chi connectivity index (χ3n) is 3.98. The molecule has 0 aliphatic carbocycles. The van der Waals surface area contributed by atoms with Crippen molar-refractivity contribution in [3.8, 4) is 5.75 Å². The van der Waals surface area contributed by atoms with Crippen LogP contribution in [0.1, 0.15) is 37.6 Å². The first-order chi connectivity index (χ1) is 9.85. The van der Waals surface area contributed by atoms with Crippen molar-refractivity contribution in [2.24, 2.45) is 0 Å². The van der Waals surface area contributed by atoms with Crippen LogP contribution in [-0.2, 0) is 4.74 Å². The largest absolute Gasteiger partial charge is 0.489 e. The molecule has 0 radical (unpaired) electrons. The fourth-order valence-electron chi connectivity index (χ4n) is 2.80. The zero-order chi connectivity index (χ0) is 15.6. The molecule has 21 heavy (non-hydrogen) atoms. The summed E-state index contributed by atoms with van der Waals surface area (Å²) >= 11 is 0. The number of methoxy groups -OCH3 is 1. The first kappa shape index (κ1) is 15.6. The highest BCUT2D eigenvalue weighted by Crippen LogP contribution is 2.37. The standard InChI is InChI=1S/C16H23NO4/c1-11(10-16(2,3)20-4)17-8-9-21-14-12(15(18)19)6-5-7-13(14)17/h5-7,11H,8-10H2,1-4H3,(H,18,19). The number of anilines is 1. The van der Waals surface area contributed by atoms with E-state index in [9.17, 15) is 9.90 Å². The number of fused-ring (bicyclic) bond motifs is 1. The number of carbonyl (C=O) groups is 1. The summed E-state index contributed by atoms with van der Waals surface area (Å²) in [5, 5.41) is 9.27. The van der Waals surface area contributed by atoms with Crippen LogP contribution in [0.15, 0.2) is 18.2 Å². The highest BCUT2D eigenvalue weighted by molar-refractivity contribution is 5.93. The van der Waals surface area contributed by atoms with E-state index < -0.39 is 5.97 Å². The van der Waals surface area contributed by atoms with Gasteiger partial charge in [0.25, 0.3) is 0 Å². The lowest BCUT2D eigenvalue weighted by Gasteiger charge is -2.39. The van der Waals surface area contributed by atoms with Gasteiger partial charge in [-0.3, -0.25) is 0 Å². The molecule has 0 bridgehead atoms. The van der Waals surface area contributed by atoms with Crippen molar-refractivity contribution < 1.29 is 19.4 Å². The van der Waals surface area contributed by atoms with Crippen LogP contribution in [0, 0.1) is 0 Å². The molecule has 5 heteroatoms. The molecule has 1 unspecified atom stereocenters. The molecule has 2 rings (SSSR count). The molecule has 0 saturated heterocycles. The minimum Gasteiger partial charge on any atom is -0.489 e. The maximum absolute atomic E-state index is 11.3. The first-order valence-electron chi connectivity index (χ1n) is 7.16. The molecule has 1 heterocycles. The minimum absolute atomic E-state index is 0.218. The second-order valence-corrected chi connectivity index (χ2v) is 6.02. The van der Waals surface area contributed by atoms with Crippen molar-refractivity contribution in [1.29, 1.82) is 0 Å². The highest BCUT2D eigenvalue weighted by atomic mass is 16.5. The number of nitrogens with zero attached hydrogens (tertiary/aromatic N) is 1. The van der Waals surface area contributed by atoms with Gasteiger partial charge in [-0.2, -0.15) is 0 Å². The minimum atomic E-state index is -0.960. The van der Waals surface area contributed by atoms with Gasteiger partial charge in [-0.1, -0.05) is 6.07 Å². The molecular formula is C16H23NO4. The normalized spacial score (nSPS) is 16.1. The van der Waals surface area contributed by atoms with E-state index in [0.29, 0.717) is 12.4 Å². The monoisotopic (exact) mass is 293 g/mol. The van der Waals surface area contributed by atoms with E-state index in [1.807, 2.05) is 6.07 Å². The summed E-state index contributed by atoms with van der Waals surface area (Å²) in [6.07, 6.45) is 0.847. The third-order valence-corrected chi connectivity index (χ3v) is 3.98. The van der Waals surface area contributed by atoms with Crippen molar-refractivity contribution in [2.45, 2.75) is 38.8 Å². The number of rotatable bonds is 5. The number of ether oxygens (including phenoxy) is 2. The van der Waals surface area contributed by atoms with Crippen LogP contribution >= 0.6 is 0 Å². The summed E-state index contributed by atoms with van der Waals surface area (Å²) in [5.74, 6) is -0.489. The van der Waals surface area contributed by atoms with Crippen LogP contribution < -0.4 is 9.64 Å². The number of aromatic carboxylic acids is 1. The Morgan fingerprint density at radius 3 is 2.86 bits per heavy atom. The van der Waals surface area contributed by atoms with E-state index >= 15 is 0 Å². The predicted molar refractivity (Wildman–Crippen MR) is 81.4 cm³/mol. The summed E-state index contributed by atoms with van der Waals surface area (Å²) in [4.78, 5) is 13.5. The summed E-state index contributed by atoms with van der Waals surface area (Å²) in [6, 6.07) is 5.48. The Morgan fingerprint density at radius 2 is 2.24 bits per heavy atom. The molecule has 0 fully saturated rings. The van der Waals surface area contributed by atoms with Crippen LogP contribution in [0.4, 0.5) is 5.69 Å². The molecule has 0 amide bonds. The molecule has 0 saturated carbocycles. The van der Waals surface area contributed by atoms with Gasteiger partial charge < -0.3 is 19.5 Å². The lowest BCUT2D eigenvalue weighted by atomic mass is 9.97. The molecule has 1 N–H and O–H groups in total. The van der Waals surface area contributed by atoms with E-state index in [1.54, 1.807) is 19.2 Å². The SMILES string of the molecule is COC(C)(C)CC(C)N1CCOc2c(C(=O)O)cccc21. The van der Waals surface area contributed by atoms with Gasteiger partial charge in [0.2, 0.25) is 0 Å². The first-order valence-corrected chi connectivity index (χ1v) is 7.16. The molecule has 0 aromatic heterocycles. The molecule has 1 aliphatic rings. The Bertz CT molecular complexity index is 527. The molecule has 1 aliphatic heterocycles. The average molecular weight is 293 g/mol. The van der Waals surface area contributed by atoms with E-state index in [0.717, 1.165) is 18.7 Å². The van der Waals surface area contributed by atoms with E-state index in [4.69, 9.17) is 9.47 Å². The molecule has 116 valence electrons. The fourth-order valence-corrected chi connectivity index (χ4v) is 2.80. The zero-order valence-corrected chi connectivity index (χ0v) is 13.0. The number of hydrogen-bond donors (Lipinski definition) is 1. The van der Waals surface area contributed by atoms with E-state index in [2.05, 4.69) is 25.7 Å². The quantitative estimate of drug-likeness (QED) is 0.904. The molecule has 5 nitrogen and oxygen atoms in total. The van der Waals surface area contributed by atoms with E-state index in [1.165, 1.54) is 0 Å². The van der Waals surface area contributed by atoms with Gasteiger partial charge >= 0.3 is 5.97 Å². The van der Waals surface area contributed by atoms with Crippen LogP contribution in [0.2, 0.25) is 0 Å². The van der Waals surface area contributed by atoms with Gasteiger partial charge in [0, 0.05) is 13.2 Å². The lowest BCUT2D eigenvalue weighted by molar-refractivity contribution is 0.0104. The van der Waals surface area contributed by atoms with Crippen molar-refractivity contribution in [3.63, 3.8) is 0 Å². The van der Waals surface area contributed by atoms with Crippen molar-refractivity contribution in [3.05, 3.63) is 23.8 Å². The number of benzene rings is 1. The smallest absolute Gasteiger partial charge is 0.339 e. The second-order valence-electron chi connectivity index (χ2n) is 6.02. The zero-order valence-electron chi connectivity index (χ0n) is 13.0. The maximum atomic E-state index is 11.3. The summed E-state index contributed by atoms with van der Waals surface area (Å²) < 4.78 is 11.1. The van der Waals surface area contributed by atoms with Gasteiger partial charge in [0.05, 0.1) is 17.8 Å². The number of carboxylic acid groups (broad SMARTS) is 1. The Hall–Kier alpha value is -1.75. The van der Waals surface area contributed by atoms with Gasteiger partial charge in [0.15, 0.2) is 5.75 Å². The molecule has 1 atom stereocenters. The van der Waals surface area contributed by atoms with Crippen LogP contribution in [0.5, 0.6) is 5.75 Å². The molecule has 1 aromatic rings. The van der Waals surface area contributed by atoms with Crippen LogP contribution in [0.25, 0.3) is 0 Å². The van der Waals surface area contributed by atoms with Crippen LogP contribution in [0.3, 0.4) is 0 Å². The lowest BCUT2D eigenvalue weighted by Crippen LogP contribution is -2.43. The third kappa shape index (κ3) is 3.29. The van der Waals surface area contributed by atoms with Crippen LogP contribution in [-0.4, -0.2) is 43.0 Å². The van der Waals surface area contributed by atoms with Crippen molar-refractivity contribution in [1.82, 2.24) is 0 Å². The number of para-hydroxylation sites is 1. The maximum Gasteiger partial charge on any atom is 0.339 e. The molecule has 0 spiro atoms. The Kier molecular flexibility index (Phi) is 4.42. The second kappa shape index (κ2) is 5.93. The fraction of sp³-hybridized carbons (Fsp3) is 0.562. The summed E-state index contributed by atoms with van der Waals surface area (Å²) in [5.41, 5.74) is 0.846. The van der Waals surface area contributed by atoms with Crippen molar-refractivity contribution in [2.75, 3.05) is 25.2 Å². The molecule has 1 aromatic carbocycles.